The molecule has 3 atom stereocenters. The van der Waals surface area contributed by atoms with Crippen LogP contribution >= 0.6 is 0 Å². The fourth-order valence-corrected chi connectivity index (χ4v) is 8.93. The highest BCUT2D eigenvalue weighted by Crippen LogP contribution is 2.36. The number of methoxy groups -OCH3 is 1. The number of nitrogens with one attached hydrogen (secondary N) is 2. The number of rotatable bonds is 9. The summed E-state index contributed by atoms with van der Waals surface area (Å²) in [4.78, 5) is 56.4. The van der Waals surface area contributed by atoms with Gasteiger partial charge in [0.15, 0.2) is 0 Å². The van der Waals surface area contributed by atoms with E-state index >= 15 is 0 Å². The van der Waals surface area contributed by atoms with Crippen LogP contribution in [-0.2, 0) is 32.5 Å². The number of aromatic nitrogens is 4. The number of alkyl carbamates (subject to hydrolysis) is 1. The first-order valence-corrected chi connectivity index (χ1v) is 20.7. The minimum atomic E-state index is -0.744. The smallest absolute Gasteiger partial charge is 0.407 e. The van der Waals surface area contributed by atoms with Gasteiger partial charge in [0.25, 0.3) is 0 Å². The lowest BCUT2D eigenvalue weighted by atomic mass is 9.97. The standard InChI is InChI=1S/C48H49N7O5/c1-29(2)43(52-48(58)59-4)47(57)55-21-22-60-28-41(55)45-50-38-19-17-35-25-34(16-18-37(35)44(38)51-45)31-12-13-33-26-36(15-14-32(33)24-31)40-27-49-46(53(40)3)39-11-8-20-54(39)42(56)23-30-9-6-5-7-10-30/h5-7,9-10,12-19,24-27,29,39,41,43H,8,11,20-23,28H2,1-4H3,(H,50,51)(H,52,58)/t39-,41-,43-/m0/s1. The van der Waals surface area contributed by atoms with Gasteiger partial charge in [0.1, 0.15) is 23.7 Å². The molecule has 12 nitrogen and oxygen atoms in total. The molecule has 306 valence electrons. The molecule has 2 aromatic heterocycles. The molecule has 2 fully saturated rings. The molecule has 9 rings (SSSR count). The molecule has 7 aromatic rings. The Morgan fingerprint density at radius 3 is 2.35 bits per heavy atom. The number of amides is 3. The van der Waals surface area contributed by atoms with Gasteiger partial charge >= 0.3 is 6.09 Å². The third-order valence-corrected chi connectivity index (χ3v) is 12.2. The molecule has 2 aliphatic heterocycles. The highest BCUT2D eigenvalue weighted by Gasteiger charge is 2.37. The van der Waals surface area contributed by atoms with Crippen molar-refractivity contribution in [1.82, 2.24) is 34.6 Å². The molecule has 2 N–H and O–H groups in total. The Hall–Kier alpha value is -6.53. The Morgan fingerprint density at radius 2 is 1.58 bits per heavy atom. The van der Waals surface area contributed by atoms with Crippen LogP contribution in [0.5, 0.6) is 0 Å². The molecule has 0 aliphatic carbocycles. The van der Waals surface area contributed by atoms with Crippen molar-refractivity contribution in [2.45, 2.75) is 51.2 Å². The first-order valence-electron chi connectivity index (χ1n) is 20.7. The van der Waals surface area contributed by atoms with Gasteiger partial charge in [0.2, 0.25) is 11.8 Å². The molecule has 4 heterocycles. The van der Waals surface area contributed by atoms with Crippen LogP contribution in [0.15, 0.2) is 103 Å². The number of nitrogens with zero attached hydrogens (tertiary/aromatic N) is 5. The maximum atomic E-state index is 13.8. The van der Waals surface area contributed by atoms with Crippen molar-refractivity contribution in [1.29, 1.82) is 0 Å². The second kappa shape index (κ2) is 16.3. The van der Waals surface area contributed by atoms with Crippen molar-refractivity contribution in [3.05, 3.63) is 120 Å². The van der Waals surface area contributed by atoms with Crippen molar-refractivity contribution in [3.63, 3.8) is 0 Å². The lowest BCUT2D eigenvalue weighted by molar-refractivity contribution is -0.143. The van der Waals surface area contributed by atoms with E-state index in [1.54, 1.807) is 4.90 Å². The highest BCUT2D eigenvalue weighted by atomic mass is 16.5. The highest BCUT2D eigenvalue weighted by molar-refractivity contribution is 6.05. The Kier molecular flexibility index (Phi) is 10.6. The molecule has 0 saturated carbocycles. The predicted molar refractivity (Wildman–Crippen MR) is 232 cm³/mol. The summed E-state index contributed by atoms with van der Waals surface area (Å²) in [5, 5.41) is 7.07. The zero-order valence-electron chi connectivity index (χ0n) is 34.4. The number of H-pyrrole nitrogens is 1. The number of hydrogen-bond acceptors (Lipinski definition) is 7. The van der Waals surface area contributed by atoms with Gasteiger partial charge in [-0.1, -0.05) is 86.6 Å². The van der Waals surface area contributed by atoms with Crippen LogP contribution in [0.2, 0.25) is 0 Å². The molecule has 2 aliphatic rings. The number of benzene rings is 5. The Labute approximate surface area is 348 Å². The van der Waals surface area contributed by atoms with E-state index in [1.165, 1.54) is 7.11 Å². The van der Waals surface area contributed by atoms with Crippen LogP contribution in [0.3, 0.4) is 0 Å². The number of carbonyl (C=O) groups is 3. The van der Waals surface area contributed by atoms with Gasteiger partial charge in [-0.05, 0) is 75.9 Å². The fraction of sp³-hybridized carbons (Fsp3) is 0.312. The van der Waals surface area contributed by atoms with Gasteiger partial charge in [-0.2, -0.15) is 0 Å². The summed E-state index contributed by atoms with van der Waals surface area (Å²) in [6.07, 6.45) is 3.56. The lowest BCUT2D eigenvalue weighted by Crippen LogP contribution is -2.54. The van der Waals surface area contributed by atoms with Crippen LogP contribution < -0.4 is 5.32 Å². The monoisotopic (exact) mass is 803 g/mol. The Bertz CT molecular complexity index is 2740. The number of likely N-dealkylation sites (tertiary alicyclic amines) is 1. The SMILES string of the molecule is COC(=O)N[C@H](C(=O)N1CCOC[C@H]1c1nc2ccc3cc(-c4ccc5cc(-c6cnc([C@@H]7CCCN7C(=O)Cc7ccccc7)n6C)ccc5c4)ccc3c2[nH]1)C(C)C. The van der Waals surface area contributed by atoms with E-state index in [-0.39, 0.29) is 23.8 Å². The summed E-state index contributed by atoms with van der Waals surface area (Å²) in [6, 6.07) is 32.4. The zero-order valence-corrected chi connectivity index (χ0v) is 34.4. The maximum absolute atomic E-state index is 13.8. The molecule has 5 aromatic carbocycles. The van der Waals surface area contributed by atoms with Crippen LogP contribution in [0.4, 0.5) is 4.79 Å². The minimum absolute atomic E-state index is 0.0373. The van der Waals surface area contributed by atoms with Crippen LogP contribution in [0.1, 0.15) is 56.0 Å². The molecule has 0 bridgehead atoms. The molecule has 0 radical (unpaired) electrons. The molecule has 12 heteroatoms. The van der Waals surface area contributed by atoms with Gasteiger partial charge in [-0.15, -0.1) is 0 Å². The van der Waals surface area contributed by atoms with Crippen molar-refractivity contribution in [2.75, 3.05) is 33.4 Å². The van der Waals surface area contributed by atoms with Gasteiger partial charge in [-0.25, -0.2) is 14.8 Å². The Morgan fingerprint density at radius 1 is 0.867 bits per heavy atom. The zero-order chi connectivity index (χ0) is 41.5. The second-order valence-electron chi connectivity index (χ2n) is 16.2. The second-order valence-corrected chi connectivity index (χ2v) is 16.2. The molecule has 2 saturated heterocycles. The number of fused-ring (bicyclic) bond motifs is 4. The average Bonchev–Trinajstić information content (AvgIpc) is 4.04. The largest absolute Gasteiger partial charge is 0.453 e. The van der Waals surface area contributed by atoms with Crippen molar-refractivity contribution in [3.8, 4) is 22.4 Å². The normalized spacial score (nSPS) is 17.5. The van der Waals surface area contributed by atoms with Crippen LogP contribution in [-0.4, -0.2) is 86.7 Å². The quantitative estimate of drug-likeness (QED) is 0.151. The first-order chi connectivity index (χ1) is 29.2. The summed E-state index contributed by atoms with van der Waals surface area (Å²) < 4.78 is 12.8. The molecular formula is C48H49N7O5. The summed E-state index contributed by atoms with van der Waals surface area (Å²) in [5.74, 6) is 1.36. The number of morpholine rings is 1. The summed E-state index contributed by atoms with van der Waals surface area (Å²) in [5.41, 5.74) is 7.03. The third kappa shape index (κ3) is 7.36. The van der Waals surface area contributed by atoms with E-state index in [4.69, 9.17) is 19.4 Å². The number of hydrogen-bond donors (Lipinski definition) is 2. The third-order valence-electron chi connectivity index (χ3n) is 12.2. The van der Waals surface area contributed by atoms with E-state index in [0.29, 0.717) is 32.0 Å². The van der Waals surface area contributed by atoms with Crippen LogP contribution in [0.25, 0.3) is 55.0 Å². The maximum Gasteiger partial charge on any atom is 0.407 e. The number of carbonyl (C=O) groups excluding carboxylic acids is 3. The van der Waals surface area contributed by atoms with Gasteiger partial charge in [-0.3, -0.25) is 9.59 Å². The summed E-state index contributed by atoms with van der Waals surface area (Å²) in [7, 11) is 3.34. The van der Waals surface area contributed by atoms with E-state index in [1.807, 2.05) is 61.3 Å². The lowest BCUT2D eigenvalue weighted by Gasteiger charge is -2.37. The summed E-state index contributed by atoms with van der Waals surface area (Å²) in [6.45, 7) is 5.61. The molecular weight excluding hydrogens is 755 g/mol. The molecule has 60 heavy (non-hydrogen) atoms. The van der Waals surface area contributed by atoms with Crippen LogP contribution in [0, 0.1) is 5.92 Å². The number of imidazole rings is 2. The van der Waals surface area contributed by atoms with E-state index in [9.17, 15) is 14.4 Å². The summed E-state index contributed by atoms with van der Waals surface area (Å²) >= 11 is 0. The number of aromatic amines is 1. The first kappa shape index (κ1) is 39.0. The Balaban J connectivity index is 0.944. The van der Waals surface area contributed by atoms with E-state index in [2.05, 4.69) is 82.6 Å². The average molecular weight is 804 g/mol. The topological polar surface area (TPSA) is 135 Å². The minimum Gasteiger partial charge on any atom is -0.453 e. The van der Waals surface area contributed by atoms with Gasteiger partial charge < -0.3 is 34.1 Å². The van der Waals surface area contributed by atoms with E-state index < -0.39 is 18.2 Å². The van der Waals surface area contributed by atoms with Gasteiger partial charge in [0.05, 0.1) is 55.7 Å². The number of ether oxygens (including phenoxy) is 2. The molecule has 0 spiro atoms. The van der Waals surface area contributed by atoms with Crippen molar-refractivity contribution >= 4 is 50.5 Å². The molecule has 0 unspecified atom stereocenters. The van der Waals surface area contributed by atoms with Crippen molar-refractivity contribution < 1.29 is 23.9 Å². The predicted octanol–water partition coefficient (Wildman–Crippen LogP) is 8.12. The van der Waals surface area contributed by atoms with Gasteiger partial charge in [0, 0.05) is 31.1 Å². The van der Waals surface area contributed by atoms with E-state index in [0.717, 1.165) is 85.7 Å². The fourth-order valence-electron chi connectivity index (χ4n) is 8.93. The molecule has 3 amide bonds. The van der Waals surface area contributed by atoms with Crippen molar-refractivity contribution in [2.24, 2.45) is 13.0 Å².